The first-order chi connectivity index (χ1) is 14.6. The van der Waals surface area contributed by atoms with Gasteiger partial charge in [0, 0.05) is 38.7 Å². The highest BCUT2D eigenvalue weighted by Gasteiger charge is 2.11. The molecule has 0 amide bonds. The van der Waals surface area contributed by atoms with Crippen molar-refractivity contribution in [3.63, 3.8) is 0 Å². The Hall–Kier alpha value is -2.61. The number of pyridine rings is 1. The highest BCUT2D eigenvalue weighted by molar-refractivity contribution is 7.90. The van der Waals surface area contributed by atoms with E-state index in [9.17, 15) is 8.42 Å². The van der Waals surface area contributed by atoms with Crippen LogP contribution >= 0.6 is 0 Å². The summed E-state index contributed by atoms with van der Waals surface area (Å²) in [4.78, 5) is 8.91. The average Bonchev–Trinajstić information content (AvgIpc) is 2.66. The van der Waals surface area contributed by atoms with Gasteiger partial charge >= 0.3 is 0 Å². The summed E-state index contributed by atoms with van der Waals surface area (Å²) in [6.45, 7) is 9.31. The number of hydrogen-bond acceptors (Lipinski definition) is 5. The van der Waals surface area contributed by atoms with Crippen LogP contribution in [0.15, 0.2) is 46.4 Å². The van der Waals surface area contributed by atoms with Gasteiger partial charge in [-0.05, 0) is 55.0 Å². The van der Waals surface area contributed by atoms with Crippen LogP contribution in [0, 0.1) is 12.8 Å². The number of sulfone groups is 1. The third-order valence-electron chi connectivity index (χ3n) is 4.71. The SMILES string of the molecule is CN=C(NCc1ccnc(OC(C)CC(C)C)c1)NCc1ccc(S(C)(=O)=O)c(C)c1. The minimum absolute atomic E-state index is 0.114. The lowest BCUT2D eigenvalue weighted by molar-refractivity contribution is 0.185. The number of hydrogen-bond donors (Lipinski definition) is 2. The predicted octanol–water partition coefficient (Wildman–Crippen LogP) is 3.47. The van der Waals surface area contributed by atoms with Crippen LogP contribution in [0.5, 0.6) is 5.88 Å². The second-order valence-electron chi connectivity index (χ2n) is 8.21. The molecule has 0 spiro atoms. The van der Waals surface area contributed by atoms with Crippen LogP contribution in [-0.2, 0) is 22.9 Å². The third-order valence-corrected chi connectivity index (χ3v) is 5.96. The van der Waals surface area contributed by atoms with E-state index in [4.69, 9.17) is 4.74 Å². The summed E-state index contributed by atoms with van der Waals surface area (Å²) in [6.07, 6.45) is 4.06. The Balaban J connectivity index is 1.92. The molecule has 0 aliphatic rings. The predicted molar refractivity (Wildman–Crippen MR) is 125 cm³/mol. The molecule has 31 heavy (non-hydrogen) atoms. The molecule has 7 nitrogen and oxygen atoms in total. The molecule has 0 fully saturated rings. The van der Waals surface area contributed by atoms with Gasteiger partial charge < -0.3 is 15.4 Å². The lowest BCUT2D eigenvalue weighted by Crippen LogP contribution is -2.36. The Morgan fingerprint density at radius 2 is 1.74 bits per heavy atom. The highest BCUT2D eigenvalue weighted by atomic mass is 32.2. The Labute approximate surface area is 186 Å². The van der Waals surface area contributed by atoms with Gasteiger partial charge in [0.15, 0.2) is 15.8 Å². The van der Waals surface area contributed by atoms with E-state index < -0.39 is 9.84 Å². The molecule has 0 saturated heterocycles. The number of aromatic nitrogens is 1. The molecule has 2 N–H and O–H groups in total. The van der Waals surface area contributed by atoms with Crippen molar-refractivity contribution in [2.24, 2.45) is 10.9 Å². The molecular weight excluding hydrogens is 412 g/mol. The van der Waals surface area contributed by atoms with Crippen molar-refractivity contribution in [2.75, 3.05) is 13.3 Å². The van der Waals surface area contributed by atoms with Gasteiger partial charge in [-0.2, -0.15) is 0 Å². The summed E-state index contributed by atoms with van der Waals surface area (Å²) in [5.41, 5.74) is 2.75. The first kappa shape index (κ1) is 24.7. The maximum atomic E-state index is 11.8. The molecule has 1 aromatic carbocycles. The smallest absolute Gasteiger partial charge is 0.213 e. The Bertz CT molecular complexity index is 1000. The topological polar surface area (TPSA) is 92.7 Å². The standard InChI is InChI=1S/C23H34N4O3S/c1-16(2)11-18(4)30-22-13-20(9-10-25-22)15-27-23(24-5)26-14-19-7-8-21(17(3)12-19)31(6,28)29/h7-10,12-13,16,18H,11,14-15H2,1-6H3,(H2,24,26,27). The highest BCUT2D eigenvalue weighted by Crippen LogP contribution is 2.17. The normalized spacial score (nSPS) is 13.2. The van der Waals surface area contributed by atoms with E-state index in [1.807, 2.05) is 24.3 Å². The van der Waals surface area contributed by atoms with Gasteiger partial charge in [-0.3, -0.25) is 4.99 Å². The second-order valence-corrected chi connectivity index (χ2v) is 10.2. The van der Waals surface area contributed by atoms with Gasteiger partial charge in [0.05, 0.1) is 11.0 Å². The van der Waals surface area contributed by atoms with E-state index >= 15 is 0 Å². The molecule has 0 aliphatic heterocycles. The van der Waals surface area contributed by atoms with E-state index in [1.165, 1.54) is 6.26 Å². The molecule has 1 aromatic heterocycles. The number of rotatable bonds is 9. The van der Waals surface area contributed by atoms with E-state index in [-0.39, 0.29) is 6.10 Å². The molecule has 2 aromatic rings. The lowest BCUT2D eigenvalue weighted by atomic mass is 10.1. The minimum atomic E-state index is -3.21. The van der Waals surface area contributed by atoms with Crippen molar-refractivity contribution in [3.05, 3.63) is 53.2 Å². The molecule has 0 saturated carbocycles. The fourth-order valence-electron chi connectivity index (χ4n) is 3.37. The molecule has 0 bridgehead atoms. The lowest BCUT2D eigenvalue weighted by Gasteiger charge is -2.16. The van der Waals surface area contributed by atoms with Crippen molar-refractivity contribution in [1.82, 2.24) is 15.6 Å². The molecule has 2 rings (SSSR count). The van der Waals surface area contributed by atoms with E-state index in [2.05, 4.69) is 41.4 Å². The monoisotopic (exact) mass is 446 g/mol. The zero-order chi connectivity index (χ0) is 23.0. The Morgan fingerprint density at radius 3 is 2.29 bits per heavy atom. The van der Waals surface area contributed by atoms with Crippen molar-refractivity contribution in [3.8, 4) is 5.88 Å². The largest absolute Gasteiger partial charge is 0.475 e. The van der Waals surface area contributed by atoms with Gasteiger partial charge in [0.1, 0.15) is 0 Å². The molecule has 1 atom stereocenters. The van der Waals surface area contributed by atoms with Gasteiger partial charge in [-0.15, -0.1) is 0 Å². The summed E-state index contributed by atoms with van der Waals surface area (Å²) >= 11 is 0. The number of ether oxygens (including phenoxy) is 1. The number of nitrogens with one attached hydrogen (secondary N) is 2. The second kappa shape index (κ2) is 11.1. The molecular formula is C23H34N4O3S. The summed E-state index contributed by atoms with van der Waals surface area (Å²) < 4.78 is 29.5. The number of aliphatic imine (C=N–C) groups is 1. The van der Waals surface area contributed by atoms with Crippen LogP contribution in [0.4, 0.5) is 0 Å². The molecule has 0 aliphatic carbocycles. The van der Waals surface area contributed by atoms with E-state index in [0.717, 1.165) is 23.1 Å². The minimum Gasteiger partial charge on any atom is -0.475 e. The molecule has 1 unspecified atom stereocenters. The van der Waals surface area contributed by atoms with Crippen molar-refractivity contribution in [2.45, 2.75) is 58.2 Å². The zero-order valence-corrected chi connectivity index (χ0v) is 20.1. The Kier molecular flexibility index (Phi) is 8.86. The van der Waals surface area contributed by atoms with Crippen LogP contribution < -0.4 is 15.4 Å². The Morgan fingerprint density at radius 1 is 1.10 bits per heavy atom. The zero-order valence-electron chi connectivity index (χ0n) is 19.3. The first-order valence-electron chi connectivity index (χ1n) is 10.4. The van der Waals surface area contributed by atoms with Gasteiger partial charge in [0.25, 0.3) is 0 Å². The molecule has 0 radical (unpaired) electrons. The molecule has 8 heteroatoms. The van der Waals surface area contributed by atoms with Crippen molar-refractivity contribution >= 4 is 15.8 Å². The number of benzene rings is 1. The summed E-state index contributed by atoms with van der Waals surface area (Å²) in [5.74, 6) is 1.84. The fourth-order valence-corrected chi connectivity index (χ4v) is 4.33. The van der Waals surface area contributed by atoms with Crippen LogP contribution in [0.25, 0.3) is 0 Å². The average molecular weight is 447 g/mol. The van der Waals surface area contributed by atoms with Gasteiger partial charge in [-0.1, -0.05) is 26.0 Å². The quantitative estimate of drug-likeness (QED) is 0.453. The van der Waals surface area contributed by atoms with Crippen molar-refractivity contribution in [1.29, 1.82) is 0 Å². The fraction of sp³-hybridized carbons (Fsp3) is 0.478. The van der Waals surface area contributed by atoms with Gasteiger partial charge in [-0.25, -0.2) is 13.4 Å². The van der Waals surface area contributed by atoms with Crippen LogP contribution in [0.2, 0.25) is 0 Å². The van der Waals surface area contributed by atoms with E-state index in [1.54, 1.807) is 26.2 Å². The van der Waals surface area contributed by atoms with Gasteiger partial charge in [0.2, 0.25) is 5.88 Å². The first-order valence-corrected chi connectivity index (χ1v) is 12.3. The number of nitrogens with zero attached hydrogens (tertiary/aromatic N) is 2. The van der Waals surface area contributed by atoms with Crippen LogP contribution in [-0.4, -0.2) is 38.8 Å². The summed E-state index contributed by atoms with van der Waals surface area (Å²) in [7, 11) is -1.50. The summed E-state index contributed by atoms with van der Waals surface area (Å²) in [5, 5.41) is 6.53. The number of guanidine groups is 1. The number of aryl methyl sites for hydroxylation is 1. The molecule has 170 valence electrons. The third kappa shape index (κ3) is 8.20. The maximum absolute atomic E-state index is 11.8. The van der Waals surface area contributed by atoms with Crippen LogP contribution in [0.3, 0.4) is 0 Å². The van der Waals surface area contributed by atoms with Crippen LogP contribution in [0.1, 0.15) is 43.9 Å². The van der Waals surface area contributed by atoms with E-state index in [0.29, 0.717) is 35.7 Å². The van der Waals surface area contributed by atoms with Crippen molar-refractivity contribution < 1.29 is 13.2 Å². The molecule has 1 heterocycles. The maximum Gasteiger partial charge on any atom is 0.213 e. The summed E-state index contributed by atoms with van der Waals surface area (Å²) in [6, 6.07) is 9.21.